The molecule has 1 aromatic rings. The van der Waals surface area contributed by atoms with Crippen molar-refractivity contribution in [3.8, 4) is 0 Å². The fourth-order valence-corrected chi connectivity index (χ4v) is 3.62. The average molecular weight is 331 g/mol. The molecule has 0 bridgehead atoms. The van der Waals surface area contributed by atoms with Crippen LogP contribution >= 0.6 is 27.5 Å². The molecule has 1 fully saturated rings. The molecular weight excluding hydrogens is 310 g/mol. The van der Waals surface area contributed by atoms with Crippen LogP contribution in [0.2, 0.25) is 5.02 Å². The Balaban J connectivity index is 2.18. The van der Waals surface area contributed by atoms with E-state index >= 15 is 0 Å². The molecule has 18 heavy (non-hydrogen) atoms. The van der Waals surface area contributed by atoms with Crippen LogP contribution in [0.15, 0.2) is 22.7 Å². The van der Waals surface area contributed by atoms with Crippen LogP contribution in [-0.2, 0) is 0 Å². The number of rotatable bonds is 3. The summed E-state index contributed by atoms with van der Waals surface area (Å²) < 4.78 is 0.941. The summed E-state index contributed by atoms with van der Waals surface area (Å²) in [6.07, 6.45) is 6.51. The van der Waals surface area contributed by atoms with Crippen molar-refractivity contribution in [2.75, 3.05) is 0 Å². The Hall–Kier alpha value is -0.0500. The Morgan fingerprint density at radius 3 is 2.78 bits per heavy atom. The van der Waals surface area contributed by atoms with E-state index in [2.05, 4.69) is 28.9 Å². The van der Waals surface area contributed by atoms with Crippen LogP contribution in [0.5, 0.6) is 0 Å². The molecule has 1 saturated carbocycles. The number of hydrogen-bond acceptors (Lipinski definition) is 1. The van der Waals surface area contributed by atoms with E-state index in [0.717, 1.165) is 15.4 Å². The van der Waals surface area contributed by atoms with Crippen molar-refractivity contribution >= 4 is 27.5 Å². The maximum atomic E-state index is 6.48. The zero-order valence-corrected chi connectivity index (χ0v) is 13.2. The van der Waals surface area contributed by atoms with Crippen LogP contribution in [0, 0.1) is 11.8 Å². The van der Waals surface area contributed by atoms with Crippen molar-refractivity contribution in [3.05, 3.63) is 33.3 Å². The van der Waals surface area contributed by atoms with E-state index in [9.17, 15) is 0 Å². The quantitative estimate of drug-likeness (QED) is 0.797. The lowest BCUT2D eigenvalue weighted by molar-refractivity contribution is 0.196. The first-order chi connectivity index (χ1) is 8.63. The van der Waals surface area contributed by atoms with Crippen LogP contribution < -0.4 is 5.73 Å². The van der Waals surface area contributed by atoms with Crippen molar-refractivity contribution in [3.63, 3.8) is 0 Å². The van der Waals surface area contributed by atoms with E-state index in [-0.39, 0.29) is 6.04 Å². The highest BCUT2D eigenvalue weighted by Crippen LogP contribution is 2.40. The second-order valence-corrected chi connectivity index (χ2v) is 6.58. The monoisotopic (exact) mass is 329 g/mol. The van der Waals surface area contributed by atoms with Gasteiger partial charge in [0.15, 0.2) is 0 Å². The fourth-order valence-electron chi connectivity index (χ4n) is 3.18. The molecule has 2 N–H and O–H groups in total. The molecule has 1 aliphatic carbocycles. The molecule has 1 aromatic carbocycles. The lowest BCUT2D eigenvalue weighted by Crippen LogP contribution is -2.30. The van der Waals surface area contributed by atoms with Crippen molar-refractivity contribution < 1.29 is 0 Å². The van der Waals surface area contributed by atoms with Crippen LogP contribution in [-0.4, -0.2) is 0 Å². The molecule has 0 amide bonds. The Labute approximate surface area is 123 Å². The van der Waals surface area contributed by atoms with E-state index in [1.54, 1.807) is 0 Å². The molecule has 0 radical (unpaired) electrons. The van der Waals surface area contributed by atoms with Gasteiger partial charge in [0, 0.05) is 10.5 Å². The maximum Gasteiger partial charge on any atom is 0.0551 e. The highest BCUT2D eigenvalue weighted by atomic mass is 79.9. The van der Waals surface area contributed by atoms with Crippen molar-refractivity contribution in [2.24, 2.45) is 17.6 Å². The van der Waals surface area contributed by atoms with Gasteiger partial charge in [-0.3, -0.25) is 0 Å². The molecule has 1 aliphatic rings. The second kappa shape index (κ2) is 6.40. The fraction of sp³-hybridized carbons (Fsp3) is 0.600. The van der Waals surface area contributed by atoms with Gasteiger partial charge < -0.3 is 5.73 Å². The number of halogens is 2. The summed E-state index contributed by atoms with van der Waals surface area (Å²) in [6, 6.07) is 6.24. The zero-order chi connectivity index (χ0) is 13.1. The predicted octanol–water partition coefficient (Wildman–Crippen LogP) is 5.32. The number of nitrogens with two attached hydrogens (primary N) is 1. The highest BCUT2D eigenvalue weighted by molar-refractivity contribution is 9.10. The van der Waals surface area contributed by atoms with Gasteiger partial charge in [-0.15, -0.1) is 0 Å². The molecule has 0 saturated heterocycles. The minimum absolute atomic E-state index is 0.126. The predicted molar refractivity (Wildman–Crippen MR) is 81.8 cm³/mol. The summed E-state index contributed by atoms with van der Waals surface area (Å²) in [6.45, 7) is 2.28. The lowest BCUT2D eigenvalue weighted by atomic mass is 9.73. The van der Waals surface area contributed by atoms with Crippen LogP contribution in [0.1, 0.15) is 50.6 Å². The Bertz CT molecular complexity index is 407. The highest BCUT2D eigenvalue weighted by Gasteiger charge is 2.29. The summed E-state index contributed by atoms with van der Waals surface area (Å²) in [5, 5.41) is 0.756. The summed E-state index contributed by atoms with van der Waals surface area (Å²) in [5.74, 6) is 1.39. The molecule has 0 aromatic heterocycles. The van der Waals surface area contributed by atoms with Crippen LogP contribution in [0.3, 0.4) is 0 Å². The largest absolute Gasteiger partial charge is 0.324 e. The smallest absolute Gasteiger partial charge is 0.0551 e. The third-order valence-electron chi connectivity index (χ3n) is 4.28. The second-order valence-electron chi connectivity index (χ2n) is 5.32. The molecule has 2 rings (SSSR count). The van der Waals surface area contributed by atoms with Crippen LogP contribution in [0.25, 0.3) is 0 Å². The van der Waals surface area contributed by atoms with E-state index in [1.165, 1.54) is 37.7 Å². The summed E-state index contributed by atoms with van der Waals surface area (Å²) in [5.41, 5.74) is 7.66. The minimum Gasteiger partial charge on any atom is -0.324 e. The van der Waals surface area contributed by atoms with Gasteiger partial charge in [-0.1, -0.05) is 50.3 Å². The van der Waals surface area contributed by atoms with Gasteiger partial charge in [0.2, 0.25) is 0 Å². The van der Waals surface area contributed by atoms with E-state index in [4.69, 9.17) is 17.3 Å². The summed E-state index contributed by atoms with van der Waals surface area (Å²) in [7, 11) is 0. The molecule has 3 unspecified atom stereocenters. The lowest BCUT2D eigenvalue weighted by Gasteiger charge is -2.35. The molecule has 0 heterocycles. The SMILES string of the molecule is CCC1CCCCC1C(N)c1ccc(Br)c(Cl)c1. The van der Waals surface area contributed by atoms with Gasteiger partial charge in [0.25, 0.3) is 0 Å². The van der Waals surface area contributed by atoms with E-state index < -0.39 is 0 Å². The van der Waals surface area contributed by atoms with Crippen molar-refractivity contribution in [2.45, 2.75) is 45.1 Å². The third kappa shape index (κ3) is 3.09. The molecule has 0 aliphatic heterocycles. The van der Waals surface area contributed by atoms with E-state index in [1.807, 2.05) is 12.1 Å². The summed E-state index contributed by atoms with van der Waals surface area (Å²) in [4.78, 5) is 0. The first-order valence-corrected chi connectivity index (χ1v) is 8.01. The minimum atomic E-state index is 0.126. The van der Waals surface area contributed by atoms with E-state index in [0.29, 0.717) is 5.92 Å². The topological polar surface area (TPSA) is 26.0 Å². The van der Waals surface area contributed by atoms with Gasteiger partial charge in [-0.25, -0.2) is 0 Å². The first-order valence-electron chi connectivity index (χ1n) is 6.84. The Morgan fingerprint density at radius 1 is 1.39 bits per heavy atom. The standard InChI is InChI=1S/C15H21BrClN/c1-2-10-5-3-4-6-12(10)15(18)11-7-8-13(16)14(17)9-11/h7-10,12,15H,2-6,18H2,1H3. The van der Waals surface area contributed by atoms with Crippen molar-refractivity contribution in [1.29, 1.82) is 0 Å². The number of hydrogen-bond donors (Lipinski definition) is 1. The van der Waals surface area contributed by atoms with Crippen molar-refractivity contribution in [1.82, 2.24) is 0 Å². The molecule has 3 heteroatoms. The Morgan fingerprint density at radius 2 is 2.11 bits per heavy atom. The van der Waals surface area contributed by atoms with Gasteiger partial charge in [0.05, 0.1) is 5.02 Å². The van der Waals surface area contributed by atoms with Gasteiger partial charge in [-0.2, -0.15) is 0 Å². The maximum absolute atomic E-state index is 6.48. The average Bonchev–Trinajstić information content (AvgIpc) is 2.41. The molecule has 0 spiro atoms. The van der Waals surface area contributed by atoms with Gasteiger partial charge in [-0.05, 0) is 51.9 Å². The molecule has 3 atom stereocenters. The van der Waals surface area contributed by atoms with Gasteiger partial charge >= 0.3 is 0 Å². The molecular formula is C15H21BrClN. The first kappa shape index (κ1) is 14.4. The molecule has 100 valence electrons. The summed E-state index contributed by atoms with van der Waals surface area (Å²) >= 11 is 9.59. The Kier molecular flexibility index (Phi) is 5.11. The van der Waals surface area contributed by atoms with Crippen LogP contribution in [0.4, 0.5) is 0 Å². The number of benzene rings is 1. The normalized spacial score (nSPS) is 26.0. The molecule has 1 nitrogen and oxygen atoms in total. The third-order valence-corrected chi connectivity index (χ3v) is 5.51. The van der Waals surface area contributed by atoms with Gasteiger partial charge in [0.1, 0.15) is 0 Å². The zero-order valence-electron chi connectivity index (χ0n) is 10.8.